The van der Waals surface area contributed by atoms with Gasteiger partial charge in [0.25, 0.3) is 0 Å². The number of methoxy groups -OCH3 is 1. The van der Waals surface area contributed by atoms with Crippen molar-refractivity contribution in [3.63, 3.8) is 0 Å². The van der Waals surface area contributed by atoms with E-state index in [2.05, 4.69) is 21.2 Å². The summed E-state index contributed by atoms with van der Waals surface area (Å²) in [7, 11) is 1.69. The molecule has 0 aromatic carbocycles. The lowest BCUT2D eigenvalue weighted by molar-refractivity contribution is -0.121. The summed E-state index contributed by atoms with van der Waals surface area (Å²) in [6.07, 6.45) is 4.69. The molecule has 0 unspecified atom stereocenters. The summed E-state index contributed by atoms with van der Waals surface area (Å²) in [4.78, 5) is 11.2. The molecule has 0 spiro atoms. The molecule has 14 heavy (non-hydrogen) atoms. The number of amides is 1. The Morgan fingerprint density at radius 3 is 2.71 bits per heavy atom. The molecule has 0 rings (SSSR count). The number of carbonyl (C=O) groups excluding carboxylic acids is 1. The van der Waals surface area contributed by atoms with Crippen molar-refractivity contribution in [2.24, 2.45) is 0 Å². The molecule has 84 valence electrons. The van der Waals surface area contributed by atoms with Crippen molar-refractivity contribution in [1.29, 1.82) is 0 Å². The van der Waals surface area contributed by atoms with E-state index in [1.54, 1.807) is 7.11 Å². The number of carbonyl (C=O) groups is 1. The van der Waals surface area contributed by atoms with Crippen molar-refractivity contribution in [2.75, 3.05) is 25.6 Å². The Hall–Kier alpha value is -0.0900. The van der Waals surface area contributed by atoms with Gasteiger partial charge in [-0.15, -0.1) is 0 Å². The zero-order valence-corrected chi connectivity index (χ0v) is 10.4. The van der Waals surface area contributed by atoms with Crippen LogP contribution < -0.4 is 5.32 Å². The number of ether oxygens (including phenoxy) is 1. The standard InChI is InChI=1S/C10H20BrNO2/c1-14-9-5-4-8-12-10(13)6-2-3-7-11/h2-9H2,1H3,(H,12,13). The molecule has 0 fully saturated rings. The van der Waals surface area contributed by atoms with Crippen molar-refractivity contribution in [1.82, 2.24) is 5.32 Å². The highest BCUT2D eigenvalue weighted by atomic mass is 79.9. The van der Waals surface area contributed by atoms with Crippen LogP contribution in [-0.2, 0) is 9.53 Å². The molecule has 1 N–H and O–H groups in total. The van der Waals surface area contributed by atoms with E-state index in [1.165, 1.54) is 0 Å². The van der Waals surface area contributed by atoms with Gasteiger partial charge in [-0.05, 0) is 25.7 Å². The molecule has 0 saturated carbocycles. The number of hydrogen-bond acceptors (Lipinski definition) is 2. The number of rotatable bonds is 9. The second-order valence-electron chi connectivity index (χ2n) is 3.20. The van der Waals surface area contributed by atoms with Gasteiger partial charge >= 0.3 is 0 Å². The van der Waals surface area contributed by atoms with Gasteiger partial charge in [0.15, 0.2) is 0 Å². The van der Waals surface area contributed by atoms with Crippen molar-refractivity contribution in [3.8, 4) is 0 Å². The molecular weight excluding hydrogens is 246 g/mol. The van der Waals surface area contributed by atoms with Crippen LogP contribution in [-0.4, -0.2) is 31.5 Å². The van der Waals surface area contributed by atoms with Gasteiger partial charge in [0.2, 0.25) is 5.91 Å². The van der Waals surface area contributed by atoms with Crippen molar-refractivity contribution < 1.29 is 9.53 Å². The predicted octanol–water partition coefficient (Wildman–Crippen LogP) is 2.09. The third kappa shape index (κ3) is 9.99. The molecule has 0 aliphatic heterocycles. The highest BCUT2D eigenvalue weighted by molar-refractivity contribution is 9.09. The van der Waals surface area contributed by atoms with E-state index in [-0.39, 0.29) is 5.91 Å². The Balaban J connectivity index is 3.10. The van der Waals surface area contributed by atoms with Crippen molar-refractivity contribution >= 4 is 21.8 Å². The molecule has 0 radical (unpaired) electrons. The Morgan fingerprint density at radius 1 is 1.29 bits per heavy atom. The Bertz CT molecular complexity index is 142. The molecule has 0 atom stereocenters. The van der Waals surface area contributed by atoms with Crippen LogP contribution in [0.4, 0.5) is 0 Å². The van der Waals surface area contributed by atoms with Crippen LogP contribution in [0.25, 0.3) is 0 Å². The topological polar surface area (TPSA) is 38.3 Å². The Labute approximate surface area is 94.7 Å². The minimum Gasteiger partial charge on any atom is -0.385 e. The molecule has 0 aromatic heterocycles. The fourth-order valence-corrected chi connectivity index (χ4v) is 1.46. The van der Waals surface area contributed by atoms with E-state index >= 15 is 0 Å². The average molecular weight is 266 g/mol. The monoisotopic (exact) mass is 265 g/mol. The summed E-state index contributed by atoms with van der Waals surface area (Å²) in [5, 5.41) is 3.87. The average Bonchev–Trinajstić information content (AvgIpc) is 2.18. The summed E-state index contributed by atoms with van der Waals surface area (Å²) in [6.45, 7) is 1.55. The van der Waals surface area contributed by atoms with Crippen LogP contribution in [0, 0.1) is 0 Å². The quantitative estimate of drug-likeness (QED) is 0.512. The lowest BCUT2D eigenvalue weighted by Crippen LogP contribution is -2.24. The number of hydrogen-bond donors (Lipinski definition) is 1. The third-order valence-corrected chi connectivity index (χ3v) is 2.45. The van der Waals surface area contributed by atoms with Crippen LogP contribution in [0.3, 0.4) is 0 Å². The molecule has 0 bridgehead atoms. The lowest BCUT2D eigenvalue weighted by atomic mass is 10.2. The van der Waals surface area contributed by atoms with Gasteiger partial charge < -0.3 is 10.1 Å². The number of halogens is 1. The van der Waals surface area contributed by atoms with Crippen LogP contribution >= 0.6 is 15.9 Å². The van der Waals surface area contributed by atoms with Crippen molar-refractivity contribution in [2.45, 2.75) is 32.1 Å². The van der Waals surface area contributed by atoms with Gasteiger partial charge in [-0.1, -0.05) is 15.9 Å². The maximum absolute atomic E-state index is 11.2. The smallest absolute Gasteiger partial charge is 0.219 e. The SMILES string of the molecule is COCCCCNC(=O)CCCCBr. The molecule has 0 aromatic rings. The molecule has 1 amide bonds. The van der Waals surface area contributed by atoms with Crippen LogP contribution in [0.15, 0.2) is 0 Å². The van der Waals surface area contributed by atoms with Gasteiger partial charge in [0.1, 0.15) is 0 Å². The molecule has 3 nitrogen and oxygen atoms in total. The Morgan fingerprint density at radius 2 is 2.07 bits per heavy atom. The largest absolute Gasteiger partial charge is 0.385 e. The second-order valence-corrected chi connectivity index (χ2v) is 3.99. The first kappa shape index (κ1) is 13.9. The zero-order valence-electron chi connectivity index (χ0n) is 8.85. The van der Waals surface area contributed by atoms with E-state index in [1.807, 2.05) is 0 Å². The van der Waals surface area contributed by atoms with E-state index < -0.39 is 0 Å². The van der Waals surface area contributed by atoms with E-state index in [4.69, 9.17) is 4.74 Å². The second kappa shape index (κ2) is 11.0. The summed E-state index contributed by atoms with van der Waals surface area (Å²) in [5.41, 5.74) is 0. The van der Waals surface area contributed by atoms with E-state index in [0.717, 1.165) is 44.2 Å². The first-order valence-corrected chi connectivity index (χ1v) is 6.25. The summed E-state index contributed by atoms with van der Waals surface area (Å²) in [6, 6.07) is 0. The van der Waals surface area contributed by atoms with Crippen LogP contribution in [0.5, 0.6) is 0 Å². The highest BCUT2D eigenvalue weighted by Gasteiger charge is 1.99. The molecule has 0 heterocycles. The zero-order chi connectivity index (χ0) is 10.6. The maximum atomic E-state index is 11.2. The highest BCUT2D eigenvalue weighted by Crippen LogP contribution is 1.98. The van der Waals surface area contributed by atoms with Crippen molar-refractivity contribution in [3.05, 3.63) is 0 Å². The summed E-state index contributed by atoms with van der Waals surface area (Å²) < 4.78 is 4.91. The van der Waals surface area contributed by atoms with Gasteiger partial charge in [-0.25, -0.2) is 0 Å². The minimum atomic E-state index is 0.170. The normalized spacial score (nSPS) is 10.1. The number of nitrogens with one attached hydrogen (secondary N) is 1. The molecule has 0 saturated heterocycles. The third-order valence-electron chi connectivity index (χ3n) is 1.88. The molecular formula is C10H20BrNO2. The van der Waals surface area contributed by atoms with Gasteiger partial charge in [-0.3, -0.25) is 4.79 Å². The number of unbranched alkanes of at least 4 members (excludes halogenated alkanes) is 2. The Kier molecular flexibility index (Phi) is 10.9. The fourth-order valence-electron chi connectivity index (χ4n) is 1.07. The van der Waals surface area contributed by atoms with Gasteiger partial charge in [-0.2, -0.15) is 0 Å². The van der Waals surface area contributed by atoms with Crippen LogP contribution in [0.2, 0.25) is 0 Å². The summed E-state index contributed by atoms with van der Waals surface area (Å²) in [5.74, 6) is 0.170. The predicted molar refractivity (Wildman–Crippen MR) is 61.8 cm³/mol. The summed E-state index contributed by atoms with van der Waals surface area (Å²) >= 11 is 3.33. The number of alkyl halides is 1. The maximum Gasteiger partial charge on any atom is 0.219 e. The van der Waals surface area contributed by atoms with E-state index in [9.17, 15) is 4.79 Å². The minimum absolute atomic E-state index is 0.170. The van der Waals surface area contributed by atoms with E-state index in [0.29, 0.717) is 6.42 Å². The first-order valence-electron chi connectivity index (χ1n) is 5.13. The lowest BCUT2D eigenvalue weighted by Gasteiger charge is -2.04. The molecule has 4 heteroatoms. The fraction of sp³-hybridized carbons (Fsp3) is 0.900. The molecule has 0 aliphatic carbocycles. The van der Waals surface area contributed by atoms with Crippen LogP contribution in [0.1, 0.15) is 32.1 Å². The first-order chi connectivity index (χ1) is 6.81. The van der Waals surface area contributed by atoms with Gasteiger partial charge in [0.05, 0.1) is 0 Å². The van der Waals surface area contributed by atoms with Gasteiger partial charge in [0, 0.05) is 32.0 Å². The molecule has 0 aliphatic rings.